The Morgan fingerprint density at radius 3 is 2.67 bits per heavy atom. The molecule has 1 fully saturated rings. The van der Waals surface area contributed by atoms with Crippen LogP contribution in [0.15, 0.2) is 5.11 Å². The summed E-state index contributed by atoms with van der Waals surface area (Å²) >= 11 is 0. The third-order valence-corrected chi connectivity index (χ3v) is 4.04. The first-order valence-corrected chi connectivity index (χ1v) is 6.85. The van der Waals surface area contributed by atoms with E-state index < -0.39 is 10.0 Å². The molecule has 1 aliphatic rings. The molecule has 15 heavy (non-hydrogen) atoms. The predicted octanol–water partition coefficient (Wildman–Crippen LogP) is 1.50. The van der Waals surface area contributed by atoms with Crippen molar-refractivity contribution >= 4 is 10.0 Å². The van der Waals surface area contributed by atoms with Crippen LogP contribution in [0, 0.1) is 0 Å². The molecule has 0 aromatic heterocycles. The second kappa shape index (κ2) is 4.83. The predicted molar refractivity (Wildman–Crippen MR) is 57.8 cm³/mol. The van der Waals surface area contributed by atoms with E-state index in [0.29, 0.717) is 6.54 Å². The van der Waals surface area contributed by atoms with Crippen LogP contribution in [0.3, 0.4) is 0 Å². The lowest BCUT2D eigenvalue weighted by Gasteiger charge is -2.35. The van der Waals surface area contributed by atoms with Gasteiger partial charge in [0, 0.05) is 17.5 Å². The molecule has 1 heterocycles. The van der Waals surface area contributed by atoms with E-state index >= 15 is 0 Å². The minimum Gasteiger partial charge on any atom is -0.212 e. The number of hydrogen-bond acceptors (Lipinski definition) is 3. The summed E-state index contributed by atoms with van der Waals surface area (Å²) in [7, 11) is -3.19. The molecule has 0 spiro atoms. The molecule has 0 bridgehead atoms. The van der Waals surface area contributed by atoms with E-state index in [4.69, 9.17) is 5.53 Å². The molecule has 2 atom stereocenters. The summed E-state index contributed by atoms with van der Waals surface area (Å²) in [6, 6.07) is -0.155. The van der Waals surface area contributed by atoms with E-state index in [2.05, 4.69) is 10.0 Å². The first kappa shape index (κ1) is 12.3. The highest BCUT2D eigenvalue weighted by atomic mass is 32.2. The standard InChI is InChI=1S/C8H16N4O2S/c1-3-8-5-4-7(10-11-9)6-12(8)15(2,13)14/h7-8H,3-6H2,1-2H3. The highest BCUT2D eigenvalue weighted by Crippen LogP contribution is 2.24. The Hall–Kier alpha value is -0.780. The zero-order valence-corrected chi connectivity index (χ0v) is 9.81. The molecule has 2 unspecified atom stereocenters. The summed E-state index contributed by atoms with van der Waals surface area (Å²) in [6.07, 6.45) is 3.55. The van der Waals surface area contributed by atoms with E-state index in [1.807, 2.05) is 6.92 Å². The van der Waals surface area contributed by atoms with Crippen LogP contribution >= 0.6 is 0 Å². The molecule has 6 nitrogen and oxygen atoms in total. The zero-order chi connectivity index (χ0) is 11.5. The third kappa shape index (κ3) is 3.09. The van der Waals surface area contributed by atoms with E-state index in [9.17, 15) is 8.42 Å². The average molecular weight is 232 g/mol. The molecule has 86 valence electrons. The van der Waals surface area contributed by atoms with Gasteiger partial charge in [0.15, 0.2) is 0 Å². The molecule has 0 N–H and O–H groups in total. The van der Waals surface area contributed by atoms with Gasteiger partial charge >= 0.3 is 0 Å². The molecule has 1 saturated heterocycles. The topological polar surface area (TPSA) is 86.1 Å². The molecule has 0 saturated carbocycles. The monoisotopic (exact) mass is 232 g/mol. The van der Waals surface area contributed by atoms with Crippen LogP contribution in [-0.2, 0) is 10.0 Å². The minimum absolute atomic E-state index is 0.0603. The van der Waals surface area contributed by atoms with Gasteiger partial charge in [0.05, 0.1) is 12.3 Å². The fraction of sp³-hybridized carbons (Fsp3) is 1.00. The van der Waals surface area contributed by atoms with Crippen molar-refractivity contribution in [3.63, 3.8) is 0 Å². The molecule has 0 radical (unpaired) electrons. The van der Waals surface area contributed by atoms with Crippen molar-refractivity contribution in [1.29, 1.82) is 0 Å². The molecule has 0 aromatic carbocycles. The van der Waals surface area contributed by atoms with Gasteiger partial charge in [-0.1, -0.05) is 12.0 Å². The number of hydrogen-bond donors (Lipinski definition) is 0. The number of nitrogens with zero attached hydrogens (tertiary/aromatic N) is 4. The SMILES string of the molecule is CCC1CCC(N=[N+]=[N-])CN1S(C)(=O)=O. The van der Waals surface area contributed by atoms with Crippen molar-refractivity contribution in [3.8, 4) is 0 Å². The van der Waals surface area contributed by atoms with Crippen LogP contribution in [0.2, 0.25) is 0 Å². The molecule has 7 heteroatoms. The van der Waals surface area contributed by atoms with E-state index in [0.717, 1.165) is 19.3 Å². The summed E-state index contributed by atoms with van der Waals surface area (Å²) in [5, 5.41) is 3.59. The van der Waals surface area contributed by atoms with Crippen LogP contribution < -0.4 is 0 Å². The average Bonchev–Trinajstić information content (AvgIpc) is 2.17. The van der Waals surface area contributed by atoms with E-state index in [-0.39, 0.29) is 12.1 Å². The molecule has 1 rings (SSSR count). The quantitative estimate of drug-likeness (QED) is 0.419. The Bertz CT molecular complexity index is 361. The molecule has 0 amide bonds. The van der Waals surface area contributed by atoms with Crippen molar-refractivity contribution in [2.45, 2.75) is 38.3 Å². The number of azide groups is 1. The van der Waals surface area contributed by atoms with Crippen LogP contribution in [0.4, 0.5) is 0 Å². The van der Waals surface area contributed by atoms with Gasteiger partial charge in [0.25, 0.3) is 0 Å². The number of rotatable bonds is 3. The van der Waals surface area contributed by atoms with Gasteiger partial charge in [-0.15, -0.1) is 0 Å². The Labute approximate surface area is 89.9 Å². The smallest absolute Gasteiger partial charge is 0.211 e. The number of sulfonamides is 1. The minimum atomic E-state index is -3.19. The van der Waals surface area contributed by atoms with Crippen LogP contribution in [0.1, 0.15) is 26.2 Å². The first-order chi connectivity index (χ1) is 6.99. The summed E-state index contributed by atoms with van der Waals surface area (Å²) in [4.78, 5) is 2.73. The lowest BCUT2D eigenvalue weighted by molar-refractivity contribution is 0.227. The first-order valence-electron chi connectivity index (χ1n) is 5.00. The zero-order valence-electron chi connectivity index (χ0n) is 9.00. The maximum atomic E-state index is 11.5. The lowest BCUT2D eigenvalue weighted by atomic mass is 10.00. The molecule has 0 aliphatic carbocycles. The fourth-order valence-electron chi connectivity index (χ4n) is 1.96. The van der Waals surface area contributed by atoms with Gasteiger partial charge in [0.1, 0.15) is 0 Å². The normalized spacial score (nSPS) is 28.4. The Morgan fingerprint density at radius 1 is 1.53 bits per heavy atom. The molecule has 1 aliphatic heterocycles. The van der Waals surface area contributed by atoms with Crippen LogP contribution in [-0.4, -0.2) is 37.6 Å². The molecule has 0 aromatic rings. The van der Waals surface area contributed by atoms with Gasteiger partial charge in [-0.3, -0.25) is 0 Å². The third-order valence-electron chi connectivity index (χ3n) is 2.74. The van der Waals surface area contributed by atoms with Gasteiger partial charge in [0.2, 0.25) is 10.0 Å². The highest BCUT2D eigenvalue weighted by molar-refractivity contribution is 7.88. The lowest BCUT2D eigenvalue weighted by Crippen LogP contribution is -2.47. The van der Waals surface area contributed by atoms with Gasteiger partial charge < -0.3 is 0 Å². The van der Waals surface area contributed by atoms with Crippen molar-refractivity contribution in [2.24, 2.45) is 5.11 Å². The van der Waals surface area contributed by atoms with Crippen molar-refractivity contribution in [1.82, 2.24) is 4.31 Å². The van der Waals surface area contributed by atoms with Crippen molar-refractivity contribution < 1.29 is 8.42 Å². The molecular formula is C8H16N4O2S. The molecular weight excluding hydrogens is 216 g/mol. The maximum absolute atomic E-state index is 11.5. The van der Waals surface area contributed by atoms with E-state index in [1.54, 1.807) is 0 Å². The summed E-state index contributed by atoms with van der Waals surface area (Å²) in [5.74, 6) is 0. The maximum Gasteiger partial charge on any atom is 0.211 e. The van der Waals surface area contributed by atoms with Gasteiger partial charge in [-0.25, -0.2) is 8.42 Å². The second-order valence-corrected chi connectivity index (χ2v) is 5.77. The summed E-state index contributed by atoms with van der Waals surface area (Å²) in [6.45, 7) is 2.29. The Kier molecular flexibility index (Phi) is 3.96. The fourth-order valence-corrected chi connectivity index (χ4v) is 3.20. The van der Waals surface area contributed by atoms with Crippen molar-refractivity contribution in [2.75, 3.05) is 12.8 Å². The highest BCUT2D eigenvalue weighted by Gasteiger charge is 2.32. The largest absolute Gasteiger partial charge is 0.212 e. The van der Waals surface area contributed by atoms with Gasteiger partial charge in [-0.2, -0.15) is 4.31 Å². The van der Waals surface area contributed by atoms with Crippen LogP contribution in [0.5, 0.6) is 0 Å². The van der Waals surface area contributed by atoms with Crippen molar-refractivity contribution in [3.05, 3.63) is 10.4 Å². The van der Waals surface area contributed by atoms with Crippen LogP contribution in [0.25, 0.3) is 10.4 Å². The summed E-state index contributed by atoms with van der Waals surface area (Å²) in [5.41, 5.74) is 8.32. The van der Waals surface area contributed by atoms with E-state index in [1.165, 1.54) is 10.6 Å². The Morgan fingerprint density at radius 2 is 2.20 bits per heavy atom. The second-order valence-electron chi connectivity index (χ2n) is 3.83. The van der Waals surface area contributed by atoms with Gasteiger partial charge in [-0.05, 0) is 24.8 Å². The summed E-state index contributed by atoms with van der Waals surface area (Å²) < 4.78 is 24.4. The number of piperidine rings is 1. The Balaban J connectivity index is 2.83.